The molecule has 1 N–H and O–H groups in total. The Bertz CT molecular complexity index is 612. The van der Waals surface area contributed by atoms with E-state index in [1.807, 2.05) is 31.2 Å². The summed E-state index contributed by atoms with van der Waals surface area (Å²) in [5, 5.41) is 13.5. The van der Waals surface area contributed by atoms with E-state index in [0.717, 1.165) is 16.8 Å². The van der Waals surface area contributed by atoms with Crippen molar-refractivity contribution in [3.8, 4) is 6.07 Å². The summed E-state index contributed by atoms with van der Waals surface area (Å²) in [6.45, 7) is 2.00. The second-order valence-corrected chi connectivity index (χ2v) is 5.15. The standard InChI is InChI=1S/C15H12Cl2N2/c1-10-3-2-4-14(5-10)19-15(9-18)11-6-12(16)8-13(17)7-11/h2-8,15,19H,1H3. The van der Waals surface area contributed by atoms with Crippen LogP contribution in [0.4, 0.5) is 5.69 Å². The topological polar surface area (TPSA) is 35.8 Å². The highest BCUT2D eigenvalue weighted by Crippen LogP contribution is 2.26. The van der Waals surface area contributed by atoms with Gasteiger partial charge in [-0.15, -0.1) is 0 Å². The third kappa shape index (κ3) is 3.64. The van der Waals surface area contributed by atoms with Crippen LogP contribution in [0.1, 0.15) is 17.2 Å². The van der Waals surface area contributed by atoms with Crippen LogP contribution in [0.25, 0.3) is 0 Å². The van der Waals surface area contributed by atoms with Crippen LogP contribution in [0.3, 0.4) is 0 Å². The minimum atomic E-state index is -0.488. The lowest BCUT2D eigenvalue weighted by Gasteiger charge is -2.14. The van der Waals surface area contributed by atoms with Crippen LogP contribution >= 0.6 is 23.2 Å². The molecular formula is C15H12Cl2N2. The van der Waals surface area contributed by atoms with Crippen LogP contribution < -0.4 is 5.32 Å². The first-order valence-electron chi connectivity index (χ1n) is 5.77. The Kier molecular flexibility index (Phi) is 4.31. The number of nitrogens with one attached hydrogen (secondary N) is 1. The summed E-state index contributed by atoms with van der Waals surface area (Å²) in [6.07, 6.45) is 0. The Morgan fingerprint density at radius 1 is 1.11 bits per heavy atom. The fraction of sp³-hybridized carbons (Fsp3) is 0.133. The summed E-state index contributed by atoms with van der Waals surface area (Å²) in [4.78, 5) is 0. The van der Waals surface area contributed by atoms with Crippen molar-refractivity contribution in [2.45, 2.75) is 13.0 Å². The highest BCUT2D eigenvalue weighted by atomic mass is 35.5. The molecule has 0 aliphatic heterocycles. The van der Waals surface area contributed by atoms with Gasteiger partial charge in [0.15, 0.2) is 0 Å². The molecule has 1 atom stereocenters. The van der Waals surface area contributed by atoms with Crippen molar-refractivity contribution in [1.82, 2.24) is 0 Å². The number of hydrogen-bond acceptors (Lipinski definition) is 2. The lowest BCUT2D eigenvalue weighted by molar-refractivity contribution is 0.997. The fourth-order valence-electron chi connectivity index (χ4n) is 1.83. The summed E-state index contributed by atoms with van der Waals surface area (Å²) < 4.78 is 0. The van der Waals surface area contributed by atoms with Gasteiger partial charge in [-0.1, -0.05) is 35.3 Å². The van der Waals surface area contributed by atoms with Gasteiger partial charge in [-0.2, -0.15) is 5.26 Å². The quantitative estimate of drug-likeness (QED) is 0.865. The zero-order valence-corrected chi connectivity index (χ0v) is 11.8. The molecule has 0 saturated carbocycles. The summed E-state index contributed by atoms with van der Waals surface area (Å²) in [5.41, 5.74) is 2.77. The number of rotatable bonds is 3. The molecule has 2 aromatic rings. The van der Waals surface area contributed by atoms with Crippen molar-refractivity contribution >= 4 is 28.9 Å². The van der Waals surface area contributed by atoms with Crippen LogP contribution in [0.2, 0.25) is 10.0 Å². The molecule has 19 heavy (non-hydrogen) atoms. The molecule has 0 fully saturated rings. The predicted molar refractivity (Wildman–Crippen MR) is 79.6 cm³/mol. The Labute approximate surface area is 122 Å². The van der Waals surface area contributed by atoms with Gasteiger partial charge in [0.05, 0.1) is 6.07 Å². The Morgan fingerprint density at radius 2 is 1.79 bits per heavy atom. The smallest absolute Gasteiger partial charge is 0.140 e. The zero-order valence-electron chi connectivity index (χ0n) is 10.3. The van der Waals surface area contributed by atoms with E-state index in [0.29, 0.717) is 10.0 Å². The average Bonchev–Trinajstić information content (AvgIpc) is 2.34. The normalized spacial score (nSPS) is 11.7. The highest BCUT2D eigenvalue weighted by Gasteiger charge is 2.12. The molecule has 2 nitrogen and oxygen atoms in total. The first-order valence-corrected chi connectivity index (χ1v) is 6.53. The first-order chi connectivity index (χ1) is 9.08. The SMILES string of the molecule is Cc1cccc(NC(C#N)c2cc(Cl)cc(Cl)c2)c1. The van der Waals surface area contributed by atoms with Crippen molar-refractivity contribution in [3.05, 3.63) is 63.6 Å². The molecule has 0 radical (unpaired) electrons. The van der Waals surface area contributed by atoms with Crippen LogP contribution in [-0.4, -0.2) is 0 Å². The molecule has 0 amide bonds. The van der Waals surface area contributed by atoms with Gasteiger partial charge in [0, 0.05) is 15.7 Å². The second-order valence-electron chi connectivity index (χ2n) is 4.28. The van der Waals surface area contributed by atoms with Gasteiger partial charge in [0.25, 0.3) is 0 Å². The van der Waals surface area contributed by atoms with Gasteiger partial charge in [0.2, 0.25) is 0 Å². The van der Waals surface area contributed by atoms with Crippen molar-refractivity contribution in [2.75, 3.05) is 5.32 Å². The third-order valence-electron chi connectivity index (χ3n) is 2.68. The molecule has 0 aliphatic carbocycles. The average molecular weight is 291 g/mol. The monoisotopic (exact) mass is 290 g/mol. The van der Waals surface area contributed by atoms with Crippen molar-refractivity contribution in [2.24, 2.45) is 0 Å². The maximum absolute atomic E-state index is 9.29. The molecule has 96 valence electrons. The van der Waals surface area contributed by atoms with Crippen molar-refractivity contribution < 1.29 is 0 Å². The van der Waals surface area contributed by atoms with Crippen LogP contribution in [0.15, 0.2) is 42.5 Å². The third-order valence-corrected chi connectivity index (χ3v) is 3.11. The van der Waals surface area contributed by atoms with Crippen LogP contribution in [0, 0.1) is 18.3 Å². The molecule has 1 unspecified atom stereocenters. The number of nitriles is 1. The van der Waals surface area contributed by atoms with Gasteiger partial charge < -0.3 is 5.32 Å². The molecule has 0 bridgehead atoms. The lowest BCUT2D eigenvalue weighted by Crippen LogP contribution is -2.08. The summed E-state index contributed by atoms with van der Waals surface area (Å²) >= 11 is 11.9. The van der Waals surface area contributed by atoms with E-state index in [4.69, 9.17) is 23.2 Å². The van der Waals surface area contributed by atoms with Crippen LogP contribution in [-0.2, 0) is 0 Å². The number of aryl methyl sites for hydroxylation is 1. The fourth-order valence-corrected chi connectivity index (χ4v) is 2.38. The second kappa shape index (κ2) is 5.97. The van der Waals surface area contributed by atoms with Gasteiger partial charge in [-0.25, -0.2) is 0 Å². The minimum absolute atomic E-state index is 0.488. The molecule has 0 aliphatic rings. The molecule has 2 rings (SSSR count). The molecule has 0 aromatic heterocycles. The summed E-state index contributed by atoms with van der Waals surface area (Å²) in [7, 11) is 0. The molecule has 4 heteroatoms. The number of anilines is 1. The van der Waals surface area contributed by atoms with E-state index >= 15 is 0 Å². The predicted octanol–water partition coefficient (Wildman–Crippen LogP) is 4.98. The maximum atomic E-state index is 9.29. The molecule has 0 saturated heterocycles. The van der Waals surface area contributed by atoms with Crippen molar-refractivity contribution in [1.29, 1.82) is 5.26 Å². The molecule has 2 aromatic carbocycles. The molecule has 0 spiro atoms. The number of benzene rings is 2. The Morgan fingerprint density at radius 3 is 2.37 bits per heavy atom. The van der Waals surface area contributed by atoms with Gasteiger partial charge >= 0.3 is 0 Å². The first kappa shape index (κ1) is 13.7. The van der Waals surface area contributed by atoms with Crippen molar-refractivity contribution in [3.63, 3.8) is 0 Å². The van der Waals surface area contributed by atoms with Crippen LogP contribution in [0.5, 0.6) is 0 Å². The number of nitrogens with zero attached hydrogens (tertiary/aromatic N) is 1. The van der Waals surface area contributed by atoms with E-state index in [-0.39, 0.29) is 0 Å². The summed E-state index contributed by atoms with van der Waals surface area (Å²) in [5.74, 6) is 0. The van der Waals surface area contributed by atoms with Gasteiger partial charge in [0.1, 0.15) is 6.04 Å². The van der Waals surface area contributed by atoms with Gasteiger partial charge in [-0.05, 0) is 48.4 Å². The minimum Gasteiger partial charge on any atom is -0.366 e. The highest BCUT2D eigenvalue weighted by molar-refractivity contribution is 6.34. The lowest BCUT2D eigenvalue weighted by atomic mass is 10.1. The number of hydrogen-bond donors (Lipinski definition) is 1. The molecular weight excluding hydrogens is 279 g/mol. The Balaban J connectivity index is 2.28. The Hall–Kier alpha value is -1.69. The van der Waals surface area contributed by atoms with E-state index in [1.165, 1.54) is 0 Å². The van der Waals surface area contributed by atoms with E-state index in [2.05, 4.69) is 11.4 Å². The summed E-state index contributed by atoms with van der Waals surface area (Å²) in [6, 6.07) is 14.7. The van der Waals surface area contributed by atoms with E-state index in [1.54, 1.807) is 18.2 Å². The van der Waals surface area contributed by atoms with E-state index < -0.39 is 6.04 Å². The van der Waals surface area contributed by atoms with Gasteiger partial charge in [-0.3, -0.25) is 0 Å². The van der Waals surface area contributed by atoms with E-state index in [9.17, 15) is 5.26 Å². The maximum Gasteiger partial charge on any atom is 0.140 e. The zero-order chi connectivity index (χ0) is 13.8. The molecule has 0 heterocycles. The largest absolute Gasteiger partial charge is 0.366 e. The number of halogens is 2.